The van der Waals surface area contributed by atoms with Gasteiger partial charge in [0.15, 0.2) is 5.16 Å². The quantitative estimate of drug-likeness (QED) is 0.166. The van der Waals surface area contributed by atoms with E-state index in [9.17, 15) is 9.59 Å². The smallest absolute Gasteiger partial charge is 0.267 e. The average Bonchev–Trinajstić information content (AvgIpc) is 3.31. The number of rotatable bonds is 7. The second kappa shape index (κ2) is 12.2. The first kappa shape index (κ1) is 30.8. The first-order chi connectivity index (χ1) is 19.9. The van der Waals surface area contributed by atoms with Crippen molar-refractivity contribution in [3.63, 3.8) is 0 Å². The zero-order valence-corrected chi connectivity index (χ0v) is 28.0. The number of halogens is 1. The number of amides is 1. The number of hydrogen-bond acceptors (Lipinski definition) is 5. The van der Waals surface area contributed by atoms with Crippen LogP contribution in [0.5, 0.6) is 0 Å². The third-order valence-corrected chi connectivity index (χ3v) is 11.1. The molecule has 222 valence electrons. The Balaban J connectivity index is 1.56. The Labute approximate surface area is 262 Å². The van der Waals surface area contributed by atoms with Crippen LogP contribution in [0.1, 0.15) is 73.7 Å². The number of anilines is 1. The Kier molecular flexibility index (Phi) is 8.94. The normalized spacial score (nSPS) is 15.2. The summed E-state index contributed by atoms with van der Waals surface area (Å²) in [5.41, 5.74) is 6.99. The molecule has 0 spiro atoms. The van der Waals surface area contributed by atoms with Crippen LogP contribution in [0.25, 0.3) is 15.9 Å². The molecule has 1 aliphatic carbocycles. The number of nitrogens with one attached hydrogen (secondary N) is 1. The zero-order chi connectivity index (χ0) is 30.3. The van der Waals surface area contributed by atoms with Crippen LogP contribution < -0.4 is 10.9 Å². The molecule has 2 aromatic heterocycles. The summed E-state index contributed by atoms with van der Waals surface area (Å²) in [7, 11) is 0. The van der Waals surface area contributed by atoms with E-state index in [0.717, 1.165) is 75.9 Å². The fraction of sp³-hybridized carbons (Fsp3) is 0.441. The highest BCUT2D eigenvalue weighted by Gasteiger charge is 2.32. The van der Waals surface area contributed by atoms with Crippen molar-refractivity contribution >= 4 is 56.5 Å². The summed E-state index contributed by atoms with van der Waals surface area (Å²) in [4.78, 5) is 34.9. The number of benzene rings is 2. The van der Waals surface area contributed by atoms with Crippen LogP contribution in [-0.2, 0) is 30.5 Å². The number of aryl methyl sites for hydroxylation is 4. The molecule has 1 atom stereocenters. The minimum atomic E-state index is -0.146. The van der Waals surface area contributed by atoms with Gasteiger partial charge in [-0.3, -0.25) is 14.2 Å². The number of thioether (sulfide) groups is 1. The van der Waals surface area contributed by atoms with Gasteiger partial charge in [-0.15, -0.1) is 11.3 Å². The summed E-state index contributed by atoms with van der Waals surface area (Å²) in [6.07, 6.45) is 4.46. The number of fused-ring (bicyclic) bond motifs is 3. The van der Waals surface area contributed by atoms with Crippen molar-refractivity contribution in [2.24, 2.45) is 11.3 Å². The van der Waals surface area contributed by atoms with Crippen LogP contribution in [0, 0.1) is 25.2 Å². The lowest BCUT2D eigenvalue weighted by Gasteiger charge is -2.33. The number of thiophene rings is 1. The highest BCUT2D eigenvalue weighted by atomic mass is 35.5. The molecule has 0 radical (unpaired) electrons. The summed E-state index contributed by atoms with van der Waals surface area (Å²) in [6.45, 7) is 15.1. The van der Waals surface area contributed by atoms with Crippen molar-refractivity contribution < 1.29 is 4.79 Å². The van der Waals surface area contributed by atoms with Crippen molar-refractivity contribution in [3.8, 4) is 5.69 Å². The fourth-order valence-corrected chi connectivity index (χ4v) is 8.60. The maximum atomic E-state index is 14.4. The lowest BCUT2D eigenvalue weighted by Crippen LogP contribution is -2.27. The predicted molar refractivity (Wildman–Crippen MR) is 179 cm³/mol. The van der Waals surface area contributed by atoms with E-state index in [0.29, 0.717) is 16.1 Å². The van der Waals surface area contributed by atoms with E-state index in [4.69, 9.17) is 16.6 Å². The number of carbonyl (C=O) groups excluding carboxylic acids is 1. The Morgan fingerprint density at radius 1 is 1.14 bits per heavy atom. The van der Waals surface area contributed by atoms with E-state index in [1.165, 1.54) is 22.2 Å². The predicted octanol–water partition coefficient (Wildman–Crippen LogP) is 8.72. The molecule has 1 amide bonds. The van der Waals surface area contributed by atoms with Gasteiger partial charge < -0.3 is 5.32 Å². The molecule has 1 N–H and O–H groups in total. The summed E-state index contributed by atoms with van der Waals surface area (Å²) in [6, 6.07) is 9.92. The van der Waals surface area contributed by atoms with E-state index in [2.05, 4.69) is 33.0 Å². The second-order valence-electron chi connectivity index (χ2n) is 12.4. The highest BCUT2D eigenvalue weighted by molar-refractivity contribution is 7.99. The van der Waals surface area contributed by atoms with E-state index >= 15 is 0 Å². The Hall–Kier alpha value is -2.61. The van der Waals surface area contributed by atoms with Crippen molar-refractivity contribution in [2.45, 2.75) is 85.7 Å². The molecular formula is C34H40ClN3O2S2. The first-order valence-electron chi connectivity index (χ1n) is 14.8. The second-order valence-corrected chi connectivity index (χ2v) is 14.8. The van der Waals surface area contributed by atoms with Crippen LogP contribution >= 0.6 is 34.7 Å². The van der Waals surface area contributed by atoms with Crippen molar-refractivity contribution in [1.29, 1.82) is 0 Å². The van der Waals surface area contributed by atoms with Crippen LogP contribution in [0.15, 0.2) is 40.3 Å². The van der Waals surface area contributed by atoms with Crippen molar-refractivity contribution in [1.82, 2.24) is 9.55 Å². The lowest BCUT2D eigenvalue weighted by atomic mass is 9.72. The van der Waals surface area contributed by atoms with Gasteiger partial charge in [-0.2, -0.15) is 0 Å². The maximum absolute atomic E-state index is 14.4. The summed E-state index contributed by atoms with van der Waals surface area (Å²) < 4.78 is 1.75. The highest BCUT2D eigenvalue weighted by Crippen LogP contribution is 2.42. The molecule has 0 aliphatic heterocycles. The number of nitrogens with zero attached hydrogens (tertiary/aromatic N) is 2. The summed E-state index contributed by atoms with van der Waals surface area (Å²) in [5, 5.41) is 5.08. The first-order valence-corrected chi connectivity index (χ1v) is 17.0. The Bertz CT molecular complexity index is 1710. The van der Waals surface area contributed by atoms with Crippen LogP contribution in [0.4, 0.5) is 5.69 Å². The molecule has 0 saturated heterocycles. The summed E-state index contributed by atoms with van der Waals surface area (Å²) >= 11 is 9.45. The van der Waals surface area contributed by atoms with Gasteiger partial charge in [-0.25, -0.2) is 4.98 Å². The van der Waals surface area contributed by atoms with Gasteiger partial charge in [-0.1, -0.05) is 82.2 Å². The van der Waals surface area contributed by atoms with E-state index in [-0.39, 0.29) is 22.6 Å². The molecule has 2 heterocycles. The number of carbonyl (C=O) groups is 1. The van der Waals surface area contributed by atoms with Gasteiger partial charge in [-0.05, 0) is 91.2 Å². The Morgan fingerprint density at radius 2 is 1.86 bits per heavy atom. The van der Waals surface area contributed by atoms with Gasteiger partial charge in [0.25, 0.3) is 5.56 Å². The van der Waals surface area contributed by atoms with Gasteiger partial charge in [0.05, 0.1) is 16.8 Å². The van der Waals surface area contributed by atoms with E-state index < -0.39 is 0 Å². The van der Waals surface area contributed by atoms with Gasteiger partial charge in [0, 0.05) is 15.6 Å². The lowest BCUT2D eigenvalue weighted by molar-refractivity contribution is -0.113. The molecular weight excluding hydrogens is 582 g/mol. The molecule has 0 saturated carbocycles. The van der Waals surface area contributed by atoms with E-state index in [1.807, 2.05) is 51.1 Å². The standard InChI is InChI=1S/C34H40ClN3O2S2/c1-8-21-13-16-25(35)23(9-2)29(21)36-27(39)18-41-33-37-31-28(24-15-14-22(34(5,6)7)17-26(24)42-31)32(40)38(33)30-19(3)11-10-12-20(30)4/h10-13,16,22H,8-9,14-15,17-18H2,1-7H3,(H,36,39). The molecule has 0 bridgehead atoms. The van der Waals surface area contributed by atoms with Crippen molar-refractivity contribution in [2.75, 3.05) is 11.1 Å². The van der Waals surface area contributed by atoms with Gasteiger partial charge >= 0.3 is 0 Å². The Morgan fingerprint density at radius 3 is 2.50 bits per heavy atom. The number of hydrogen-bond donors (Lipinski definition) is 1. The molecule has 4 aromatic rings. The van der Waals surface area contributed by atoms with Crippen LogP contribution in [0.2, 0.25) is 5.02 Å². The zero-order valence-electron chi connectivity index (χ0n) is 25.6. The fourth-order valence-electron chi connectivity index (χ4n) is 6.17. The number of para-hydroxylation sites is 1. The third kappa shape index (κ3) is 5.80. The largest absolute Gasteiger partial charge is 0.325 e. The van der Waals surface area contributed by atoms with E-state index in [1.54, 1.807) is 15.9 Å². The van der Waals surface area contributed by atoms with Gasteiger partial charge in [0.1, 0.15) is 4.83 Å². The molecule has 1 aliphatic rings. The van der Waals surface area contributed by atoms with Crippen LogP contribution in [0.3, 0.4) is 0 Å². The molecule has 42 heavy (non-hydrogen) atoms. The summed E-state index contributed by atoms with van der Waals surface area (Å²) in [5.74, 6) is 0.551. The van der Waals surface area contributed by atoms with Crippen molar-refractivity contribution in [3.05, 3.63) is 78.4 Å². The van der Waals surface area contributed by atoms with Crippen LogP contribution in [-0.4, -0.2) is 21.2 Å². The molecule has 5 rings (SSSR count). The molecule has 0 fully saturated rings. The SMILES string of the molecule is CCc1ccc(Cl)c(CC)c1NC(=O)CSc1nc2sc3c(c2c(=O)n1-c1c(C)cccc1C)CCC(C(C)(C)C)C3. The van der Waals surface area contributed by atoms with Gasteiger partial charge in [0.2, 0.25) is 5.91 Å². The third-order valence-electron chi connectivity index (χ3n) is 8.61. The number of aromatic nitrogens is 2. The molecule has 5 nitrogen and oxygen atoms in total. The molecule has 2 aromatic carbocycles. The molecule has 8 heteroatoms. The molecule has 1 unspecified atom stereocenters. The minimum Gasteiger partial charge on any atom is -0.325 e. The average molecular weight is 622 g/mol. The maximum Gasteiger partial charge on any atom is 0.267 e. The minimum absolute atomic E-state index is 0.0385. The monoisotopic (exact) mass is 621 g/mol. The topological polar surface area (TPSA) is 64.0 Å².